The molecule has 0 saturated heterocycles. The van der Waals surface area contributed by atoms with Crippen LogP contribution < -0.4 is 16.0 Å². The molecule has 4 rings (SSSR count). The number of aromatic nitrogens is 2. The summed E-state index contributed by atoms with van der Waals surface area (Å²) in [5.74, 6) is -6.57. The summed E-state index contributed by atoms with van der Waals surface area (Å²) in [4.78, 5) is 139. The van der Waals surface area contributed by atoms with Crippen LogP contribution in [0.1, 0.15) is 85.0 Å². The summed E-state index contributed by atoms with van der Waals surface area (Å²) in [6, 6.07) is 0. The van der Waals surface area contributed by atoms with E-state index in [4.69, 9.17) is 37.9 Å². The zero-order valence-corrected chi connectivity index (χ0v) is 39.5. The van der Waals surface area contributed by atoms with Crippen molar-refractivity contribution in [3.63, 3.8) is 0 Å². The smallest absolute Gasteiger partial charge is 0.310 e. The van der Waals surface area contributed by atoms with Gasteiger partial charge in [0.1, 0.15) is 0 Å². The predicted octanol–water partition coefficient (Wildman–Crippen LogP) is 0.672. The van der Waals surface area contributed by atoms with Gasteiger partial charge >= 0.3 is 47.8 Å². The summed E-state index contributed by atoms with van der Waals surface area (Å²) < 4.78 is 39.3. The number of nitrogens with zero attached hydrogens (tertiary/aromatic N) is 1. The Hall–Kier alpha value is -7.91. The highest BCUT2D eigenvalue weighted by Gasteiger charge is 2.32. The first-order valence-corrected chi connectivity index (χ1v) is 21.3. The van der Waals surface area contributed by atoms with Gasteiger partial charge in [0.05, 0.1) is 88.3 Å². The first-order valence-electron chi connectivity index (χ1n) is 21.3. The minimum absolute atomic E-state index is 0.0242. The van der Waals surface area contributed by atoms with E-state index >= 15 is 0 Å². The summed E-state index contributed by atoms with van der Waals surface area (Å²) in [6.07, 6.45) is 1.97. The molecule has 370 valence electrons. The zero-order valence-electron chi connectivity index (χ0n) is 39.5. The van der Waals surface area contributed by atoms with Crippen molar-refractivity contribution < 1.29 is 85.8 Å². The first kappa shape index (κ1) is 53.7. The second kappa shape index (κ2) is 25.3. The number of esters is 8. The quantitative estimate of drug-likeness (QED) is 0.102. The van der Waals surface area contributed by atoms with E-state index in [0.717, 1.165) is 14.2 Å². The first-order chi connectivity index (χ1) is 32.9. The van der Waals surface area contributed by atoms with Gasteiger partial charge in [0.15, 0.2) is 0 Å². The molecule has 2 aromatic heterocycles. The van der Waals surface area contributed by atoms with Crippen molar-refractivity contribution in [2.24, 2.45) is 4.99 Å². The molecule has 2 amide bonds. The van der Waals surface area contributed by atoms with Gasteiger partial charge in [0, 0.05) is 64.6 Å². The van der Waals surface area contributed by atoms with Crippen molar-refractivity contribution in [2.75, 3.05) is 56.9 Å². The highest BCUT2D eigenvalue weighted by molar-refractivity contribution is 6.32. The molecule has 0 atom stereocenters. The Balaban J connectivity index is 2.14. The second-order valence-corrected chi connectivity index (χ2v) is 15.2. The maximum absolute atomic E-state index is 13.4. The van der Waals surface area contributed by atoms with Gasteiger partial charge in [0.2, 0.25) is 0 Å². The molecule has 0 spiro atoms. The number of hydrogen-bond acceptors (Lipinski definition) is 18. The van der Waals surface area contributed by atoms with Gasteiger partial charge in [-0.05, 0) is 77.3 Å². The van der Waals surface area contributed by atoms with E-state index in [2.05, 4.69) is 20.3 Å². The number of aliphatic imine (C=N–C) groups is 1. The zero-order chi connectivity index (χ0) is 50.9. The van der Waals surface area contributed by atoms with Crippen molar-refractivity contribution in [3.8, 4) is 0 Å². The van der Waals surface area contributed by atoms with Crippen molar-refractivity contribution in [1.82, 2.24) is 15.3 Å². The lowest BCUT2D eigenvalue weighted by Crippen LogP contribution is -2.18. The Bertz CT molecular complexity index is 2670. The molecule has 2 aliphatic rings. The standard InChI is InChI=1S/C47H54N4O18/c1-62-38(52)13-9-24-29(18-43(57)67-6)36(23-34-26(11-15-40(54)64-3)31(47(61)50-34)20-45(59)69-8)48-32(24)21-35-28(17-42(56)66-5)25(10-14-39(53)63-2)33(49-35)22-37-30(19-44(58)68-7)27(46(60)51-37)12-16-41(55)65-4/h21-23,48-49H,9-20H2,1-8H3,(H,50,61). The topological polar surface area (TPSA) is 301 Å². The van der Waals surface area contributed by atoms with Crippen LogP contribution in [0, 0.1) is 0 Å². The van der Waals surface area contributed by atoms with Crippen molar-refractivity contribution in [2.45, 2.75) is 77.0 Å². The van der Waals surface area contributed by atoms with E-state index in [-0.39, 0.29) is 114 Å². The molecule has 0 unspecified atom stereocenters. The largest absolute Gasteiger partial charge is 0.469 e. The number of carbonyl (C=O) groups excluding carboxylic acids is 10. The highest BCUT2D eigenvalue weighted by Crippen LogP contribution is 2.32. The van der Waals surface area contributed by atoms with E-state index in [0.29, 0.717) is 27.8 Å². The lowest BCUT2D eigenvalue weighted by atomic mass is 9.97. The number of methoxy groups -OCH3 is 8. The molecule has 0 aromatic carbocycles. The molecule has 22 nitrogen and oxygen atoms in total. The average Bonchev–Trinajstić information content (AvgIpc) is 4.02. The predicted molar refractivity (Wildman–Crippen MR) is 239 cm³/mol. The van der Waals surface area contributed by atoms with Gasteiger partial charge in [-0.1, -0.05) is 0 Å². The average molecular weight is 963 g/mol. The second-order valence-electron chi connectivity index (χ2n) is 15.2. The molecule has 0 saturated carbocycles. The van der Waals surface area contributed by atoms with Crippen LogP contribution in [0.15, 0.2) is 33.0 Å². The van der Waals surface area contributed by atoms with Gasteiger partial charge in [-0.2, -0.15) is 0 Å². The van der Waals surface area contributed by atoms with Crippen LogP contribution in [0.4, 0.5) is 0 Å². The molecular weight excluding hydrogens is 909 g/mol. The third-order valence-corrected chi connectivity index (χ3v) is 11.2. The Morgan fingerprint density at radius 1 is 0.420 bits per heavy atom. The number of amides is 2. The molecular formula is C47H54N4O18. The van der Waals surface area contributed by atoms with Crippen LogP contribution in [-0.4, -0.2) is 132 Å². The number of allylic oxidation sites excluding steroid dienone is 1. The Morgan fingerprint density at radius 2 is 0.841 bits per heavy atom. The van der Waals surface area contributed by atoms with Crippen molar-refractivity contribution >= 4 is 83.5 Å². The van der Waals surface area contributed by atoms with E-state index in [1.807, 2.05) is 0 Å². The van der Waals surface area contributed by atoms with Crippen LogP contribution in [0.3, 0.4) is 0 Å². The Morgan fingerprint density at radius 3 is 1.36 bits per heavy atom. The molecule has 3 N–H and O–H groups in total. The number of carbonyl (C=O) groups is 10. The lowest BCUT2D eigenvalue weighted by Gasteiger charge is -2.08. The molecule has 4 heterocycles. The fourth-order valence-corrected chi connectivity index (χ4v) is 7.59. The van der Waals surface area contributed by atoms with Crippen LogP contribution in [-0.2, 0) is 112 Å². The van der Waals surface area contributed by atoms with Crippen LogP contribution in [0.25, 0.3) is 18.2 Å². The van der Waals surface area contributed by atoms with Crippen LogP contribution in [0.5, 0.6) is 0 Å². The number of ether oxygens (including phenoxy) is 8. The maximum Gasteiger partial charge on any atom is 0.310 e. The van der Waals surface area contributed by atoms with Gasteiger partial charge in [-0.3, -0.25) is 47.9 Å². The molecule has 0 fully saturated rings. The highest BCUT2D eigenvalue weighted by atomic mass is 16.5. The number of H-pyrrole nitrogens is 2. The number of hydrogen-bond donors (Lipinski definition) is 3. The number of nitrogens with one attached hydrogen (secondary N) is 3. The summed E-state index contributed by atoms with van der Waals surface area (Å²) in [7, 11) is 9.48. The molecule has 2 aromatic rings. The summed E-state index contributed by atoms with van der Waals surface area (Å²) >= 11 is 0. The molecule has 0 aliphatic carbocycles. The van der Waals surface area contributed by atoms with E-state index < -0.39 is 72.4 Å². The Kier molecular flexibility index (Phi) is 19.7. The van der Waals surface area contributed by atoms with E-state index in [1.165, 1.54) is 54.8 Å². The van der Waals surface area contributed by atoms with Crippen LogP contribution >= 0.6 is 0 Å². The summed E-state index contributed by atoms with van der Waals surface area (Å²) in [5.41, 5.74) is 2.63. The lowest BCUT2D eigenvalue weighted by molar-refractivity contribution is -0.141. The minimum atomic E-state index is -0.720. The monoisotopic (exact) mass is 962 g/mol. The van der Waals surface area contributed by atoms with Crippen molar-refractivity contribution in [3.05, 3.63) is 72.3 Å². The normalized spacial score (nSPS) is 14.4. The maximum atomic E-state index is 13.4. The van der Waals surface area contributed by atoms with Crippen LogP contribution in [0.2, 0.25) is 0 Å². The third kappa shape index (κ3) is 14.1. The number of rotatable bonds is 23. The Labute approximate surface area is 395 Å². The summed E-state index contributed by atoms with van der Waals surface area (Å²) in [6.45, 7) is 0. The van der Waals surface area contributed by atoms with E-state index in [1.54, 1.807) is 6.08 Å². The molecule has 22 heteroatoms. The number of aromatic amines is 2. The SMILES string of the molecule is COC(=O)CCC1=C(CC(=O)OC)C(C=c2[nH]c(=Cc3[nH]c(C=C4NC(=O)C(CC(=O)OC)=C4CCC(=O)OC)c(CC(=O)OC)c3CCC(=O)OC)c(CC(=O)OC)c2CCC(=O)OC)=NC1=O. The van der Waals surface area contributed by atoms with E-state index in [9.17, 15) is 47.9 Å². The minimum Gasteiger partial charge on any atom is -0.469 e. The molecule has 0 radical (unpaired) electrons. The molecule has 0 bridgehead atoms. The van der Waals surface area contributed by atoms with Gasteiger partial charge in [0.25, 0.3) is 11.8 Å². The fourth-order valence-electron chi connectivity index (χ4n) is 7.59. The molecule has 69 heavy (non-hydrogen) atoms. The van der Waals surface area contributed by atoms with Gasteiger partial charge in [-0.25, -0.2) is 4.99 Å². The van der Waals surface area contributed by atoms with Gasteiger partial charge < -0.3 is 53.2 Å². The van der Waals surface area contributed by atoms with Crippen molar-refractivity contribution in [1.29, 1.82) is 0 Å². The molecule has 2 aliphatic heterocycles. The van der Waals surface area contributed by atoms with Gasteiger partial charge in [-0.15, -0.1) is 0 Å². The summed E-state index contributed by atoms with van der Waals surface area (Å²) in [5, 5.41) is 3.21. The third-order valence-electron chi connectivity index (χ3n) is 11.2. The fraction of sp³-hybridized carbons (Fsp3) is 0.426.